The van der Waals surface area contributed by atoms with Gasteiger partial charge in [0.1, 0.15) is 6.04 Å². The van der Waals surface area contributed by atoms with E-state index in [0.29, 0.717) is 13.0 Å². The second-order valence-electron chi connectivity index (χ2n) is 2.28. The van der Waals surface area contributed by atoms with E-state index in [4.69, 9.17) is 5.11 Å². The predicted octanol–water partition coefficient (Wildman–Crippen LogP) is -1.02. The van der Waals surface area contributed by atoms with Crippen LogP contribution in [0.1, 0.15) is 6.42 Å². The van der Waals surface area contributed by atoms with E-state index in [1.54, 1.807) is 0 Å². The van der Waals surface area contributed by atoms with Crippen LogP contribution in [0.2, 0.25) is 0 Å². The Morgan fingerprint density at radius 2 is 2.55 bits per heavy atom. The lowest BCUT2D eigenvalue weighted by Gasteiger charge is -2.03. The number of ether oxygens (including phenoxy) is 1. The number of carbonyl (C=O) groups is 2. The summed E-state index contributed by atoms with van der Waals surface area (Å²) in [4.78, 5) is 20.8. The van der Waals surface area contributed by atoms with Crippen molar-refractivity contribution >= 4 is 11.9 Å². The molecule has 0 aromatic rings. The van der Waals surface area contributed by atoms with Gasteiger partial charge in [-0.15, -0.1) is 0 Å². The molecule has 5 heteroatoms. The minimum Gasteiger partial charge on any atom is -0.480 e. The molecule has 1 saturated heterocycles. The first-order valence-electron chi connectivity index (χ1n) is 3.32. The highest BCUT2D eigenvalue weighted by Gasteiger charge is 2.25. The topological polar surface area (TPSA) is 75.6 Å². The molecule has 62 valence electrons. The first-order chi connectivity index (χ1) is 5.20. The highest BCUT2D eigenvalue weighted by molar-refractivity contribution is 5.78. The number of cyclic esters (lactones) is 1. The summed E-state index contributed by atoms with van der Waals surface area (Å²) in [6.07, 6.45) is 0.562. The molecule has 1 fully saturated rings. The van der Waals surface area contributed by atoms with Crippen LogP contribution in [0.3, 0.4) is 0 Å². The van der Waals surface area contributed by atoms with Crippen molar-refractivity contribution in [2.24, 2.45) is 0 Å². The lowest BCUT2D eigenvalue weighted by Crippen LogP contribution is -2.36. The van der Waals surface area contributed by atoms with Crippen LogP contribution in [0.4, 0.5) is 0 Å². The normalized spacial score (nSPS) is 23.3. The fraction of sp³-hybridized carbons (Fsp3) is 0.667. The van der Waals surface area contributed by atoms with Gasteiger partial charge in [0.15, 0.2) is 0 Å². The molecule has 0 aromatic heterocycles. The zero-order valence-corrected chi connectivity index (χ0v) is 5.87. The molecule has 0 bridgehead atoms. The standard InChI is InChI=1S/C6H9NO4/c8-5(9)3-7-4-1-2-11-6(4)10/h4,7H,1-3H2,(H,8,9)/t4-/m0/s1. The highest BCUT2D eigenvalue weighted by atomic mass is 16.5. The van der Waals surface area contributed by atoms with E-state index in [1.165, 1.54) is 0 Å². The van der Waals surface area contributed by atoms with E-state index in [1.807, 2.05) is 0 Å². The van der Waals surface area contributed by atoms with Crippen LogP contribution in [0, 0.1) is 0 Å². The quantitative estimate of drug-likeness (QED) is 0.515. The van der Waals surface area contributed by atoms with Gasteiger partial charge in [0.2, 0.25) is 0 Å². The molecule has 5 nitrogen and oxygen atoms in total. The number of carboxylic acid groups (broad SMARTS) is 1. The summed E-state index contributed by atoms with van der Waals surface area (Å²) in [6.45, 7) is 0.190. The van der Waals surface area contributed by atoms with Crippen molar-refractivity contribution in [2.45, 2.75) is 12.5 Å². The van der Waals surface area contributed by atoms with Crippen molar-refractivity contribution in [3.05, 3.63) is 0 Å². The molecule has 0 saturated carbocycles. The average Bonchev–Trinajstić information content (AvgIpc) is 2.31. The smallest absolute Gasteiger partial charge is 0.323 e. The Kier molecular flexibility index (Phi) is 2.43. The van der Waals surface area contributed by atoms with Crippen molar-refractivity contribution in [2.75, 3.05) is 13.2 Å². The molecule has 0 unspecified atom stereocenters. The van der Waals surface area contributed by atoms with E-state index in [0.717, 1.165) is 0 Å². The van der Waals surface area contributed by atoms with Crippen LogP contribution in [-0.4, -0.2) is 36.2 Å². The summed E-state index contributed by atoms with van der Waals surface area (Å²) in [5, 5.41) is 10.8. The summed E-state index contributed by atoms with van der Waals surface area (Å²) in [7, 11) is 0. The van der Waals surface area contributed by atoms with Gasteiger partial charge < -0.3 is 9.84 Å². The number of nitrogens with one attached hydrogen (secondary N) is 1. The molecule has 1 aliphatic rings. The molecular weight excluding hydrogens is 150 g/mol. The molecule has 1 rings (SSSR count). The van der Waals surface area contributed by atoms with Crippen molar-refractivity contribution in [3.8, 4) is 0 Å². The summed E-state index contributed by atoms with van der Waals surface area (Å²) in [6, 6.07) is -0.425. The Morgan fingerprint density at radius 1 is 1.82 bits per heavy atom. The van der Waals surface area contributed by atoms with Gasteiger partial charge in [-0.05, 0) is 0 Å². The minimum absolute atomic E-state index is 0.195. The van der Waals surface area contributed by atoms with Gasteiger partial charge in [-0.25, -0.2) is 0 Å². The number of hydrogen-bond acceptors (Lipinski definition) is 4. The van der Waals surface area contributed by atoms with Crippen molar-refractivity contribution < 1.29 is 19.4 Å². The number of hydrogen-bond donors (Lipinski definition) is 2. The number of esters is 1. The van der Waals surface area contributed by atoms with Gasteiger partial charge in [-0.2, -0.15) is 0 Å². The average molecular weight is 159 g/mol. The Bertz CT molecular complexity index is 179. The Morgan fingerprint density at radius 3 is 3.00 bits per heavy atom. The van der Waals surface area contributed by atoms with E-state index < -0.39 is 12.0 Å². The second kappa shape index (κ2) is 3.34. The minimum atomic E-state index is -0.968. The first kappa shape index (κ1) is 8.00. The highest BCUT2D eigenvalue weighted by Crippen LogP contribution is 2.04. The van der Waals surface area contributed by atoms with E-state index in [2.05, 4.69) is 10.1 Å². The third-order valence-corrected chi connectivity index (χ3v) is 1.44. The molecule has 0 aliphatic carbocycles. The van der Waals surface area contributed by atoms with Gasteiger partial charge in [0, 0.05) is 6.42 Å². The fourth-order valence-electron chi connectivity index (χ4n) is 0.892. The summed E-state index contributed by atoms with van der Waals surface area (Å²) < 4.78 is 4.60. The molecule has 0 aromatic carbocycles. The van der Waals surface area contributed by atoms with Gasteiger partial charge in [-0.3, -0.25) is 14.9 Å². The third-order valence-electron chi connectivity index (χ3n) is 1.44. The number of rotatable bonds is 3. The van der Waals surface area contributed by atoms with Crippen LogP contribution in [-0.2, 0) is 14.3 Å². The summed E-state index contributed by atoms with van der Waals surface area (Å²) in [5.74, 6) is -1.32. The maximum absolute atomic E-state index is 10.7. The van der Waals surface area contributed by atoms with E-state index in [-0.39, 0.29) is 12.5 Å². The lowest BCUT2D eigenvalue weighted by molar-refractivity contribution is -0.140. The molecule has 2 N–H and O–H groups in total. The van der Waals surface area contributed by atoms with Crippen LogP contribution >= 0.6 is 0 Å². The van der Waals surface area contributed by atoms with Gasteiger partial charge in [-0.1, -0.05) is 0 Å². The van der Waals surface area contributed by atoms with Crippen LogP contribution < -0.4 is 5.32 Å². The second-order valence-corrected chi connectivity index (χ2v) is 2.28. The molecule has 1 atom stereocenters. The maximum Gasteiger partial charge on any atom is 0.323 e. The monoisotopic (exact) mass is 159 g/mol. The molecular formula is C6H9NO4. The molecule has 1 heterocycles. The zero-order chi connectivity index (χ0) is 8.27. The molecule has 11 heavy (non-hydrogen) atoms. The van der Waals surface area contributed by atoms with Crippen molar-refractivity contribution in [3.63, 3.8) is 0 Å². The third kappa shape index (κ3) is 2.19. The van der Waals surface area contributed by atoms with E-state index in [9.17, 15) is 9.59 Å². The Hall–Kier alpha value is -1.10. The zero-order valence-electron chi connectivity index (χ0n) is 5.87. The van der Waals surface area contributed by atoms with Crippen LogP contribution in [0.15, 0.2) is 0 Å². The molecule has 1 aliphatic heterocycles. The fourth-order valence-corrected chi connectivity index (χ4v) is 0.892. The van der Waals surface area contributed by atoms with Gasteiger partial charge >= 0.3 is 11.9 Å². The van der Waals surface area contributed by atoms with E-state index >= 15 is 0 Å². The first-order valence-corrected chi connectivity index (χ1v) is 3.32. The van der Waals surface area contributed by atoms with Crippen LogP contribution in [0.5, 0.6) is 0 Å². The Labute approximate surface area is 63.3 Å². The largest absolute Gasteiger partial charge is 0.480 e. The SMILES string of the molecule is O=C(O)CN[C@H]1CCOC1=O. The Balaban J connectivity index is 2.26. The summed E-state index contributed by atoms with van der Waals surface area (Å²) >= 11 is 0. The summed E-state index contributed by atoms with van der Waals surface area (Å²) in [5.41, 5.74) is 0. The van der Waals surface area contributed by atoms with Gasteiger partial charge in [0.25, 0.3) is 0 Å². The molecule has 0 spiro atoms. The predicted molar refractivity (Wildman–Crippen MR) is 35.0 cm³/mol. The van der Waals surface area contributed by atoms with Crippen molar-refractivity contribution in [1.82, 2.24) is 5.32 Å². The number of carbonyl (C=O) groups excluding carboxylic acids is 1. The molecule has 0 amide bonds. The number of carboxylic acids is 1. The molecule has 0 radical (unpaired) electrons. The maximum atomic E-state index is 10.7. The van der Waals surface area contributed by atoms with Crippen LogP contribution in [0.25, 0.3) is 0 Å². The number of aliphatic carboxylic acids is 1. The lowest BCUT2D eigenvalue weighted by atomic mass is 10.2. The van der Waals surface area contributed by atoms with Crippen molar-refractivity contribution in [1.29, 1.82) is 0 Å². The van der Waals surface area contributed by atoms with Gasteiger partial charge in [0.05, 0.1) is 13.2 Å².